The van der Waals surface area contributed by atoms with Gasteiger partial charge in [0.15, 0.2) is 0 Å². The van der Waals surface area contributed by atoms with Gasteiger partial charge in [0.05, 0.1) is 13.0 Å². The Morgan fingerprint density at radius 3 is 2.81 bits per heavy atom. The van der Waals surface area contributed by atoms with Crippen LogP contribution in [0.3, 0.4) is 0 Å². The lowest BCUT2D eigenvalue weighted by atomic mass is 10.1. The molecule has 1 unspecified atom stereocenters. The third-order valence-electron chi connectivity index (χ3n) is 5.10. The van der Waals surface area contributed by atoms with Crippen molar-refractivity contribution in [1.82, 2.24) is 10.2 Å². The average molecular weight is 366 g/mol. The summed E-state index contributed by atoms with van der Waals surface area (Å²) in [5.74, 6) is 0.546. The van der Waals surface area contributed by atoms with Crippen molar-refractivity contribution in [1.29, 1.82) is 0 Å². The summed E-state index contributed by atoms with van der Waals surface area (Å²) < 4.78 is 5.23. The van der Waals surface area contributed by atoms with Gasteiger partial charge in [-0.05, 0) is 42.2 Å². The van der Waals surface area contributed by atoms with Crippen molar-refractivity contribution in [2.24, 2.45) is 5.92 Å². The third-order valence-corrected chi connectivity index (χ3v) is 5.10. The molecular weight excluding hydrogens is 340 g/mol. The van der Waals surface area contributed by atoms with E-state index in [2.05, 4.69) is 5.32 Å². The predicted octanol–water partition coefficient (Wildman–Crippen LogP) is 2.71. The van der Waals surface area contributed by atoms with E-state index < -0.39 is 0 Å². The molecule has 5 nitrogen and oxygen atoms in total. The molecule has 2 amide bonds. The molecule has 0 aromatic heterocycles. The Morgan fingerprint density at radius 2 is 2.04 bits per heavy atom. The van der Waals surface area contributed by atoms with Crippen LogP contribution in [-0.4, -0.2) is 36.9 Å². The Balaban J connectivity index is 1.50. The standard InChI is InChI=1S/C22H26N2O3/c1-16-6-3-4-8-18(16)14-23-22(26)19-13-21(25)24(15-19)11-10-17-7-5-9-20(12-17)27-2/h3-9,12,19H,10-11,13-15H2,1-2H3,(H,23,26). The topological polar surface area (TPSA) is 58.6 Å². The van der Waals surface area contributed by atoms with Crippen molar-refractivity contribution >= 4 is 11.8 Å². The molecule has 2 aromatic carbocycles. The van der Waals surface area contributed by atoms with E-state index in [-0.39, 0.29) is 24.2 Å². The summed E-state index contributed by atoms with van der Waals surface area (Å²) in [5, 5.41) is 2.98. The van der Waals surface area contributed by atoms with Gasteiger partial charge in [0, 0.05) is 26.1 Å². The zero-order chi connectivity index (χ0) is 19.2. The molecule has 3 rings (SSSR count). The van der Waals surface area contributed by atoms with Crippen LogP contribution in [0.1, 0.15) is 23.1 Å². The van der Waals surface area contributed by atoms with Gasteiger partial charge in [0.2, 0.25) is 11.8 Å². The number of ether oxygens (including phenoxy) is 1. The van der Waals surface area contributed by atoms with E-state index in [0.29, 0.717) is 19.6 Å². The fourth-order valence-electron chi connectivity index (χ4n) is 3.39. The highest BCUT2D eigenvalue weighted by Gasteiger charge is 2.33. The van der Waals surface area contributed by atoms with Gasteiger partial charge in [-0.3, -0.25) is 9.59 Å². The van der Waals surface area contributed by atoms with Gasteiger partial charge in [-0.25, -0.2) is 0 Å². The Labute approximate surface area is 160 Å². The Hall–Kier alpha value is -2.82. The molecule has 1 heterocycles. The van der Waals surface area contributed by atoms with Crippen LogP contribution in [-0.2, 0) is 22.6 Å². The summed E-state index contributed by atoms with van der Waals surface area (Å²) in [6, 6.07) is 15.8. The number of rotatable bonds is 7. The highest BCUT2D eigenvalue weighted by molar-refractivity contribution is 5.89. The Morgan fingerprint density at radius 1 is 1.22 bits per heavy atom. The van der Waals surface area contributed by atoms with Gasteiger partial charge in [-0.2, -0.15) is 0 Å². The number of benzene rings is 2. The number of carbonyl (C=O) groups excluding carboxylic acids is 2. The Kier molecular flexibility index (Phi) is 6.12. The molecule has 0 spiro atoms. The molecule has 5 heteroatoms. The minimum atomic E-state index is -0.271. The molecule has 1 fully saturated rings. The van der Waals surface area contributed by atoms with E-state index in [1.54, 1.807) is 12.0 Å². The van der Waals surface area contributed by atoms with Crippen LogP contribution < -0.4 is 10.1 Å². The molecule has 142 valence electrons. The zero-order valence-corrected chi connectivity index (χ0v) is 15.9. The molecule has 1 saturated heterocycles. The lowest BCUT2D eigenvalue weighted by Crippen LogP contribution is -2.33. The molecule has 27 heavy (non-hydrogen) atoms. The number of methoxy groups -OCH3 is 1. The molecular formula is C22H26N2O3. The van der Waals surface area contributed by atoms with Crippen molar-refractivity contribution in [3.05, 3.63) is 65.2 Å². The van der Waals surface area contributed by atoms with Gasteiger partial charge in [-0.1, -0.05) is 36.4 Å². The summed E-state index contributed by atoms with van der Waals surface area (Å²) in [4.78, 5) is 26.5. The minimum Gasteiger partial charge on any atom is -0.497 e. The first-order chi connectivity index (χ1) is 13.1. The molecule has 0 radical (unpaired) electrons. The normalized spacial score (nSPS) is 16.4. The number of nitrogens with zero attached hydrogens (tertiary/aromatic N) is 1. The number of hydrogen-bond donors (Lipinski definition) is 1. The van der Waals surface area contributed by atoms with Crippen LogP contribution in [0.25, 0.3) is 0 Å². The maximum Gasteiger partial charge on any atom is 0.225 e. The first kappa shape index (κ1) is 19.0. The van der Waals surface area contributed by atoms with Gasteiger partial charge in [0.25, 0.3) is 0 Å². The van der Waals surface area contributed by atoms with Gasteiger partial charge in [0.1, 0.15) is 5.75 Å². The molecule has 2 aromatic rings. The van der Waals surface area contributed by atoms with E-state index >= 15 is 0 Å². The summed E-state index contributed by atoms with van der Waals surface area (Å²) in [6.45, 7) is 3.64. The number of hydrogen-bond acceptors (Lipinski definition) is 3. The van der Waals surface area contributed by atoms with Gasteiger partial charge in [-0.15, -0.1) is 0 Å². The number of likely N-dealkylation sites (tertiary alicyclic amines) is 1. The van der Waals surface area contributed by atoms with E-state index in [4.69, 9.17) is 4.74 Å². The van der Waals surface area contributed by atoms with Crippen molar-refractivity contribution in [2.45, 2.75) is 26.3 Å². The summed E-state index contributed by atoms with van der Waals surface area (Å²) in [7, 11) is 1.64. The average Bonchev–Trinajstić information content (AvgIpc) is 3.06. The largest absolute Gasteiger partial charge is 0.497 e. The SMILES string of the molecule is COc1cccc(CCN2CC(C(=O)NCc3ccccc3C)CC2=O)c1. The molecule has 1 N–H and O–H groups in total. The minimum absolute atomic E-state index is 0.0458. The smallest absolute Gasteiger partial charge is 0.225 e. The lowest BCUT2D eigenvalue weighted by Gasteiger charge is -2.17. The number of aryl methyl sites for hydroxylation is 1. The van der Waals surface area contributed by atoms with Crippen molar-refractivity contribution in [3.8, 4) is 5.75 Å². The van der Waals surface area contributed by atoms with Crippen molar-refractivity contribution in [2.75, 3.05) is 20.2 Å². The maximum atomic E-state index is 12.5. The molecule has 0 aliphatic carbocycles. The maximum absolute atomic E-state index is 12.5. The molecule has 1 aliphatic heterocycles. The van der Waals surface area contributed by atoms with Crippen LogP contribution in [0, 0.1) is 12.8 Å². The number of nitrogens with one attached hydrogen (secondary N) is 1. The number of amides is 2. The second kappa shape index (κ2) is 8.71. The van der Waals surface area contributed by atoms with E-state index in [0.717, 1.165) is 28.9 Å². The fraction of sp³-hybridized carbons (Fsp3) is 0.364. The second-order valence-corrected chi connectivity index (χ2v) is 6.99. The monoisotopic (exact) mass is 366 g/mol. The summed E-state index contributed by atoms with van der Waals surface area (Å²) >= 11 is 0. The van der Waals surface area contributed by atoms with Crippen LogP contribution in [0.15, 0.2) is 48.5 Å². The lowest BCUT2D eigenvalue weighted by molar-refractivity contribution is -0.129. The van der Waals surface area contributed by atoms with Gasteiger partial charge >= 0.3 is 0 Å². The third kappa shape index (κ3) is 4.88. The first-order valence-electron chi connectivity index (χ1n) is 9.29. The van der Waals surface area contributed by atoms with E-state index in [9.17, 15) is 9.59 Å². The molecule has 0 saturated carbocycles. The second-order valence-electron chi connectivity index (χ2n) is 6.99. The van der Waals surface area contributed by atoms with Crippen molar-refractivity contribution < 1.29 is 14.3 Å². The quantitative estimate of drug-likeness (QED) is 0.820. The predicted molar refractivity (Wildman–Crippen MR) is 104 cm³/mol. The van der Waals surface area contributed by atoms with E-state index in [1.165, 1.54) is 0 Å². The Bertz CT molecular complexity index is 819. The summed E-state index contributed by atoms with van der Waals surface area (Å²) in [5.41, 5.74) is 3.37. The van der Waals surface area contributed by atoms with Crippen LogP contribution in [0.5, 0.6) is 5.75 Å². The van der Waals surface area contributed by atoms with Crippen LogP contribution >= 0.6 is 0 Å². The van der Waals surface area contributed by atoms with Crippen LogP contribution in [0.4, 0.5) is 0 Å². The highest BCUT2D eigenvalue weighted by Crippen LogP contribution is 2.20. The first-order valence-corrected chi connectivity index (χ1v) is 9.29. The fourth-order valence-corrected chi connectivity index (χ4v) is 3.39. The summed E-state index contributed by atoms with van der Waals surface area (Å²) in [6.07, 6.45) is 1.04. The van der Waals surface area contributed by atoms with Crippen molar-refractivity contribution in [3.63, 3.8) is 0 Å². The molecule has 1 aliphatic rings. The highest BCUT2D eigenvalue weighted by atomic mass is 16.5. The van der Waals surface area contributed by atoms with E-state index in [1.807, 2.05) is 55.5 Å². The van der Waals surface area contributed by atoms with Gasteiger partial charge < -0.3 is 15.0 Å². The zero-order valence-electron chi connectivity index (χ0n) is 15.9. The molecule has 1 atom stereocenters. The number of carbonyl (C=O) groups is 2. The molecule has 0 bridgehead atoms. The van der Waals surface area contributed by atoms with Crippen LogP contribution in [0.2, 0.25) is 0 Å².